The monoisotopic (exact) mass is 248 g/mol. The topological polar surface area (TPSA) is 0 Å². The van der Waals surface area contributed by atoms with Gasteiger partial charge in [0, 0.05) is 0 Å². The molecule has 1 atom stereocenters. The van der Waals surface area contributed by atoms with Crippen LogP contribution in [0.15, 0.2) is 24.3 Å². The van der Waals surface area contributed by atoms with Crippen LogP contribution >= 0.6 is 0 Å². The first kappa shape index (κ1) is 15.5. The Hall–Kier alpha value is -0.520. The van der Waals surface area contributed by atoms with Gasteiger partial charge in [0.2, 0.25) is 0 Å². The molecule has 0 saturated heterocycles. The number of unbranched alkanes of at least 4 members (excludes halogenated alkanes) is 6. The lowest BCUT2D eigenvalue weighted by atomic mass is 9.91. The van der Waals surface area contributed by atoms with Crippen LogP contribution in [-0.2, 0) is 0 Å². The third-order valence-electron chi connectivity index (χ3n) is 3.95. The van der Waals surface area contributed by atoms with Crippen LogP contribution in [0.3, 0.4) is 0 Å². The van der Waals surface area contributed by atoms with Crippen molar-refractivity contribution in [2.24, 2.45) is 5.92 Å². The second-order valence-corrected chi connectivity index (χ2v) is 5.70. The standard InChI is InChI=1S/C18H32/c1-2-3-4-5-6-7-8-9-10-12-15-18-16-13-11-14-17-18/h3-4,13,16,18H,2,5-12,14-15,17H2,1H3/b4-3-. The SMILES string of the molecule is CC/C=C\CCCCCCCCC1C=CCCC1. The molecule has 0 radical (unpaired) electrons. The number of hydrogen-bond acceptors (Lipinski definition) is 0. The minimum absolute atomic E-state index is 0.915. The van der Waals surface area contributed by atoms with Gasteiger partial charge >= 0.3 is 0 Å². The molecule has 0 aromatic carbocycles. The Morgan fingerprint density at radius 1 is 1.00 bits per heavy atom. The van der Waals surface area contributed by atoms with E-state index < -0.39 is 0 Å². The largest absolute Gasteiger partial charge is 0.0888 e. The van der Waals surface area contributed by atoms with E-state index in [0.29, 0.717) is 0 Å². The molecule has 18 heavy (non-hydrogen) atoms. The summed E-state index contributed by atoms with van der Waals surface area (Å²) in [6, 6.07) is 0. The van der Waals surface area contributed by atoms with Crippen molar-refractivity contribution in [3.05, 3.63) is 24.3 Å². The van der Waals surface area contributed by atoms with Crippen molar-refractivity contribution >= 4 is 0 Å². The maximum Gasteiger partial charge on any atom is -0.0233 e. The normalized spacial score (nSPS) is 19.7. The van der Waals surface area contributed by atoms with Crippen molar-refractivity contribution in [2.45, 2.75) is 84.0 Å². The number of allylic oxidation sites excluding steroid dienone is 4. The zero-order valence-corrected chi connectivity index (χ0v) is 12.4. The molecule has 1 aliphatic carbocycles. The van der Waals surface area contributed by atoms with Gasteiger partial charge in [0.05, 0.1) is 0 Å². The third kappa shape index (κ3) is 8.55. The van der Waals surface area contributed by atoms with Gasteiger partial charge in [-0.3, -0.25) is 0 Å². The molecule has 0 bridgehead atoms. The maximum atomic E-state index is 2.46. The summed E-state index contributed by atoms with van der Waals surface area (Å²) in [5.41, 5.74) is 0. The summed E-state index contributed by atoms with van der Waals surface area (Å²) in [6.45, 7) is 2.21. The lowest BCUT2D eigenvalue weighted by molar-refractivity contribution is 0.469. The number of rotatable bonds is 10. The van der Waals surface area contributed by atoms with Crippen molar-refractivity contribution in [1.82, 2.24) is 0 Å². The highest BCUT2D eigenvalue weighted by Crippen LogP contribution is 2.22. The molecule has 0 aromatic heterocycles. The summed E-state index contributed by atoms with van der Waals surface area (Å²) in [5, 5.41) is 0. The fourth-order valence-electron chi connectivity index (χ4n) is 2.78. The molecular weight excluding hydrogens is 216 g/mol. The molecule has 0 aromatic rings. The van der Waals surface area contributed by atoms with Gasteiger partial charge in [-0.05, 0) is 50.9 Å². The van der Waals surface area contributed by atoms with Crippen LogP contribution in [0.1, 0.15) is 84.0 Å². The lowest BCUT2D eigenvalue weighted by Crippen LogP contribution is -2.00. The Balaban J connectivity index is 1.79. The van der Waals surface area contributed by atoms with Crippen molar-refractivity contribution < 1.29 is 0 Å². The average molecular weight is 248 g/mol. The second kappa shape index (κ2) is 11.6. The maximum absolute atomic E-state index is 2.46. The summed E-state index contributed by atoms with van der Waals surface area (Å²) < 4.78 is 0. The molecule has 0 fully saturated rings. The van der Waals surface area contributed by atoms with Crippen molar-refractivity contribution in [3.63, 3.8) is 0 Å². The smallest absolute Gasteiger partial charge is 0.0233 e. The van der Waals surface area contributed by atoms with Gasteiger partial charge in [-0.1, -0.05) is 63.3 Å². The molecule has 104 valence electrons. The molecule has 0 heteroatoms. The van der Waals surface area contributed by atoms with Gasteiger partial charge in [-0.25, -0.2) is 0 Å². The Bertz CT molecular complexity index is 224. The molecule has 0 nitrogen and oxygen atoms in total. The fourth-order valence-corrected chi connectivity index (χ4v) is 2.78. The van der Waals surface area contributed by atoms with Crippen molar-refractivity contribution in [2.75, 3.05) is 0 Å². The molecule has 0 heterocycles. The molecule has 0 N–H and O–H groups in total. The highest BCUT2D eigenvalue weighted by atomic mass is 14.1. The van der Waals surface area contributed by atoms with E-state index in [4.69, 9.17) is 0 Å². The van der Waals surface area contributed by atoms with Crippen LogP contribution in [0.25, 0.3) is 0 Å². The van der Waals surface area contributed by atoms with Crippen LogP contribution < -0.4 is 0 Å². The first-order valence-electron chi connectivity index (χ1n) is 8.25. The van der Waals surface area contributed by atoms with Crippen LogP contribution in [0.4, 0.5) is 0 Å². The molecular formula is C18H32. The molecule has 1 unspecified atom stereocenters. The number of hydrogen-bond donors (Lipinski definition) is 0. The molecule has 0 saturated carbocycles. The Kier molecular flexibility index (Phi) is 9.98. The molecule has 0 spiro atoms. The Morgan fingerprint density at radius 3 is 2.50 bits per heavy atom. The van der Waals surface area contributed by atoms with E-state index in [0.717, 1.165) is 5.92 Å². The molecule has 1 rings (SSSR count). The van der Waals surface area contributed by atoms with Gasteiger partial charge in [-0.15, -0.1) is 0 Å². The van der Waals surface area contributed by atoms with Gasteiger partial charge in [0.15, 0.2) is 0 Å². The van der Waals surface area contributed by atoms with E-state index in [2.05, 4.69) is 31.2 Å². The van der Waals surface area contributed by atoms with Gasteiger partial charge in [0.25, 0.3) is 0 Å². The van der Waals surface area contributed by atoms with E-state index in [9.17, 15) is 0 Å². The minimum atomic E-state index is 0.915. The first-order valence-corrected chi connectivity index (χ1v) is 8.25. The van der Waals surface area contributed by atoms with Crippen molar-refractivity contribution in [1.29, 1.82) is 0 Å². The summed E-state index contributed by atoms with van der Waals surface area (Å²) >= 11 is 0. The lowest BCUT2D eigenvalue weighted by Gasteiger charge is -2.15. The second-order valence-electron chi connectivity index (χ2n) is 5.70. The van der Waals surface area contributed by atoms with E-state index >= 15 is 0 Å². The van der Waals surface area contributed by atoms with Gasteiger partial charge in [0.1, 0.15) is 0 Å². The van der Waals surface area contributed by atoms with Gasteiger partial charge in [-0.2, -0.15) is 0 Å². The summed E-state index contributed by atoms with van der Waals surface area (Å²) in [6.07, 6.45) is 26.2. The van der Waals surface area contributed by atoms with Gasteiger partial charge < -0.3 is 0 Å². The van der Waals surface area contributed by atoms with Crippen LogP contribution in [0.5, 0.6) is 0 Å². The zero-order chi connectivity index (χ0) is 12.9. The van der Waals surface area contributed by atoms with E-state index in [-0.39, 0.29) is 0 Å². The summed E-state index contributed by atoms with van der Waals surface area (Å²) in [5.74, 6) is 0.915. The minimum Gasteiger partial charge on any atom is -0.0888 e. The highest BCUT2D eigenvalue weighted by molar-refractivity contribution is 4.92. The van der Waals surface area contributed by atoms with E-state index in [1.54, 1.807) is 0 Å². The predicted molar refractivity (Wildman–Crippen MR) is 82.8 cm³/mol. The molecule has 1 aliphatic rings. The van der Waals surface area contributed by atoms with E-state index in [1.807, 2.05) is 0 Å². The average Bonchev–Trinajstić information content (AvgIpc) is 2.42. The molecule has 0 aliphatic heterocycles. The van der Waals surface area contributed by atoms with Crippen LogP contribution in [-0.4, -0.2) is 0 Å². The van der Waals surface area contributed by atoms with E-state index in [1.165, 1.54) is 77.0 Å². The first-order chi connectivity index (χ1) is 8.93. The third-order valence-corrected chi connectivity index (χ3v) is 3.95. The molecule has 0 amide bonds. The Morgan fingerprint density at radius 2 is 1.78 bits per heavy atom. The zero-order valence-electron chi connectivity index (χ0n) is 12.4. The van der Waals surface area contributed by atoms with Crippen molar-refractivity contribution in [3.8, 4) is 0 Å². The quantitative estimate of drug-likeness (QED) is 0.309. The predicted octanol–water partition coefficient (Wildman–Crippen LogP) is 6.43. The fraction of sp³-hybridized carbons (Fsp3) is 0.778. The Labute approximate surface area is 115 Å². The van der Waals surface area contributed by atoms with Crippen LogP contribution in [0, 0.1) is 5.92 Å². The highest BCUT2D eigenvalue weighted by Gasteiger charge is 2.07. The van der Waals surface area contributed by atoms with Crippen LogP contribution in [0.2, 0.25) is 0 Å². The summed E-state index contributed by atoms with van der Waals surface area (Å²) in [7, 11) is 0. The summed E-state index contributed by atoms with van der Waals surface area (Å²) in [4.78, 5) is 0.